The number of hydrogen-bond donors (Lipinski definition) is 1. The van der Waals surface area contributed by atoms with Gasteiger partial charge in [-0.3, -0.25) is 25.0 Å². The topological polar surface area (TPSA) is 131 Å². The number of nitrogens with zero attached hydrogens (tertiary/aromatic N) is 3. The number of hydrogen-bond acceptors (Lipinski definition) is 8. The van der Waals surface area contributed by atoms with E-state index in [1.807, 2.05) is 48.5 Å². The largest absolute Gasteiger partial charge is 0.493 e. The molecule has 11 nitrogen and oxygen atoms in total. The van der Waals surface area contributed by atoms with Crippen LogP contribution in [0.25, 0.3) is 6.08 Å². The fraction of sp³-hybridized carbons (Fsp3) is 0.186. The molecule has 3 aliphatic rings. The van der Waals surface area contributed by atoms with Crippen molar-refractivity contribution in [2.45, 2.75) is 31.3 Å². The summed E-state index contributed by atoms with van der Waals surface area (Å²) in [6.07, 6.45) is 3.18. The summed E-state index contributed by atoms with van der Waals surface area (Å²) in [7, 11) is 1.46. The highest BCUT2D eigenvalue weighted by atomic mass is 79.9. The maximum absolute atomic E-state index is 14.4. The van der Waals surface area contributed by atoms with Crippen molar-refractivity contribution in [2.24, 2.45) is 0 Å². The Morgan fingerprint density at radius 1 is 0.855 bits per heavy atom. The first-order chi connectivity index (χ1) is 26.7. The Balaban J connectivity index is 1.16. The van der Waals surface area contributed by atoms with Crippen molar-refractivity contribution in [3.8, 4) is 11.5 Å². The monoisotopic (exact) mass is 798 g/mol. The number of barbiturate groups is 1. The van der Waals surface area contributed by atoms with E-state index in [1.54, 1.807) is 24.3 Å². The highest BCUT2D eigenvalue weighted by Crippen LogP contribution is 2.50. The Hall–Kier alpha value is -6.27. The van der Waals surface area contributed by atoms with Gasteiger partial charge in [-0.25, -0.2) is 9.69 Å². The number of rotatable bonds is 9. The van der Waals surface area contributed by atoms with E-state index in [9.17, 15) is 24.5 Å². The van der Waals surface area contributed by atoms with Gasteiger partial charge in [0.25, 0.3) is 17.5 Å². The highest BCUT2D eigenvalue weighted by Gasteiger charge is 2.40. The molecule has 0 radical (unpaired) electrons. The standard InChI is InChI=1S/C43H35BrN4O7/c1-54-38-22-27(21-37(44)40(38)55-25-26-12-14-30(15-13-26)48(52)53)20-36-41(49)45-43(51)47(42(36)50)31-23-34-32(28-8-4-2-5-9-28)16-18-46-19-17-33(35(24-31)39(34)46)29-10-6-3-7-11-29/h2-15,20-24,32-33H,16-19,25H2,1H3,(H,45,49,51)/b36-20+/t32-,33-/m1/s1. The molecular weight excluding hydrogens is 764 g/mol. The molecule has 12 heteroatoms. The Kier molecular flexibility index (Phi) is 9.66. The van der Waals surface area contributed by atoms with Gasteiger partial charge >= 0.3 is 6.03 Å². The van der Waals surface area contributed by atoms with Crippen LogP contribution in [0.3, 0.4) is 0 Å². The summed E-state index contributed by atoms with van der Waals surface area (Å²) in [6, 6.07) is 33.0. The van der Waals surface area contributed by atoms with E-state index in [-0.39, 0.29) is 29.7 Å². The first kappa shape index (κ1) is 35.7. The molecule has 0 saturated carbocycles. The number of halogens is 1. The number of nitro groups is 1. The second-order valence-electron chi connectivity index (χ2n) is 13.7. The van der Waals surface area contributed by atoms with Crippen molar-refractivity contribution in [1.82, 2.24) is 5.32 Å². The predicted octanol–water partition coefficient (Wildman–Crippen LogP) is 8.49. The zero-order valence-electron chi connectivity index (χ0n) is 29.7. The van der Waals surface area contributed by atoms with Crippen molar-refractivity contribution >= 4 is 56.9 Å². The third-order valence-electron chi connectivity index (χ3n) is 10.5. The van der Waals surface area contributed by atoms with Crippen molar-refractivity contribution < 1.29 is 28.8 Å². The summed E-state index contributed by atoms with van der Waals surface area (Å²) in [6.45, 7) is 1.89. The lowest BCUT2D eigenvalue weighted by molar-refractivity contribution is -0.384. The number of urea groups is 1. The van der Waals surface area contributed by atoms with Gasteiger partial charge in [0.05, 0.1) is 22.2 Å². The molecule has 4 amide bonds. The molecule has 0 aromatic heterocycles. The second kappa shape index (κ2) is 14.9. The lowest BCUT2D eigenvalue weighted by Crippen LogP contribution is -2.54. The molecule has 0 unspecified atom stereocenters. The molecule has 8 rings (SSSR count). The minimum atomic E-state index is -0.816. The lowest BCUT2D eigenvalue weighted by atomic mass is 9.76. The van der Waals surface area contributed by atoms with Gasteiger partial charge in [0.15, 0.2) is 11.5 Å². The van der Waals surface area contributed by atoms with E-state index in [4.69, 9.17) is 9.47 Å². The fourth-order valence-corrected chi connectivity index (χ4v) is 8.43. The predicted molar refractivity (Wildman–Crippen MR) is 212 cm³/mol. The van der Waals surface area contributed by atoms with Gasteiger partial charge in [0.2, 0.25) is 0 Å². The number of nitrogens with one attached hydrogen (secondary N) is 1. The molecule has 5 aromatic rings. The van der Waals surface area contributed by atoms with E-state index < -0.39 is 22.8 Å². The Labute approximate surface area is 325 Å². The zero-order chi connectivity index (χ0) is 38.2. The second-order valence-corrected chi connectivity index (χ2v) is 14.5. The quantitative estimate of drug-likeness (QED) is 0.0680. The molecular formula is C43H35BrN4O7. The molecule has 1 fully saturated rings. The highest BCUT2D eigenvalue weighted by molar-refractivity contribution is 9.10. The van der Waals surface area contributed by atoms with E-state index in [0.717, 1.165) is 58.8 Å². The number of carbonyl (C=O) groups excluding carboxylic acids is 3. The number of carbonyl (C=O) groups is 3. The van der Waals surface area contributed by atoms with E-state index in [0.29, 0.717) is 32.8 Å². The Morgan fingerprint density at radius 3 is 2.02 bits per heavy atom. The molecule has 2 atom stereocenters. The van der Waals surface area contributed by atoms with Crippen LogP contribution in [0.5, 0.6) is 11.5 Å². The minimum absolute atomic E-state index is 0.0258. The number of amides is 4. The summed E-state index contributed by atoms with van der Waals surface area (Å²) >= 11 is 3.53. The van der Waals surface area contributed by atoms with Crippen LogP contribution in [0.4, 0.5) is 21.9 Å². The van der Waals surface area contributed by atoms with Gasteiger partial charge in [-0.15, -0.1) is 0 Å². The molecule has 1 N–H and O–H groups in total. The van der Waals surface area contributed by atoms with Crippen LogP contribution in [0.1, 0.15) is 58.1 Å². The maximum atomic E-state index is 14.4. The normalized spacial score (nSPS) is 18.5. The average molecular weight is 800 g/mol. The number of anilines is 2. The van der Waals surface area contributed by atoms with Crippen LogP contribution in [0, 0.1) is 10.1 Å². The molecule has 1 saturated heterocycles. The lowest BCUT2D eigenvalue weighted by Gasteiger charge is -2.44. The molecule has 5 aromatic carbocycles. The summed E-state index contributed by atoms with van der Waals surface area (Å²) < 4.78 is 12.1. The fourth-order valence-electron chi connectivity index (χ4n) is 7.86. The molecule has 3 aliphatic heterocycles. The van der Waals surface area contributed by atoms with Gasteiger partial charge < -0.3 is 14.4 Å². The molecule has 276 valence electrons. The summed E-state index contributed by atoms with van der Waals surface area (Å²) in [5.41, 5.74) is 6.86. The summed E-state index contributed by atoms with van der Waals surface area (Å²) in [5.74, 6) is -0.785. The summed E-state index contributed by atoms with van der Waals surface area (Å²) in [5, 5.41) is 13.4. The van der Waals surface area contributed by atoms with E-state index in [1.165, 1.54) is 25.3 Å². The van der Waals surface area contributed by atoms with Gasteiger partial charge in [-0.05, 0) is 105 Å². The molecule has 0 spiro atoms. The molecule has 55 heavy (non-hydrogen) atoms. The van der Waals surface area contributed by atoms with Gasteiger partial charge in [-0.2, -0.15) is 0 Å². The van der Waals surface area contributed by atoms with Crippen LogP contribution in [0.15, 0.2) is 119 Å². The molecule has 3 heterocycles. The van der Waals surface area contributed by atoms with Crippen LogP contribution in [-0.4, -0.2) is 43.0 Å². The SMILES string of the molecule is COc1cc(/C=C2\C(=O)NC(=O)N(c3cc4c5c(c3)[C@@H](c3ccccc3)CCN5CC[C@@H]4c3ccccc3)C2=O)cc(Br)c1OCc1ccc([N+](=O)[O-])cc1. The van der Waals surface area contributed by atoms with E-state index >= 15 is 0 Å². The van der Waals surface area contributed by atoms with Gasteiger partial charge in [0, 0.05) is 42.7 Å². The zero-order valence-corrected chi connectivity index (χ0v) is 31.3. The van der Waals surface area contributed by atoms with Crippen LogP contribution >= 0.6 is 15.9 Å². The number of ether oxygens (including phenoxy) is 2. The number of non-ortho nitro benzene ring substituents is 1. The Morgan fingerprint density at radius 2 is 1.45 bits per heavy atom. The number of imide groups is 2. The third-order valence-corrected chi connectivity index (χ3v) is 11.0. The van der Waals surface area contributed by atoms with Crippen molar-refractivity contribution in [3.05, 3.63) is 163 Å². The average Bonchev–Trinajstić information content (AvgIpc) is 3.20. The summed E-state index contributed by atoms with van der Waals surface area (Å²) in [4.78, 5) is 55.4. The molecule has 0 bridgehead atoms. The number of methoxy groups -OCH3 is 1. The minimum Gasteiger partial charge on any atom is -0.493 e. The van der Waals surface area contributed by atoms with Crippen molar-refractivity contribution in [1.29, 1.82) is 0 Å². The van der Waals surface area contributed by atoms with Gasteiger partial charge in [-0.1, -0.05) is 60.7 Å². The first-order valence-corrected chi connectivity index (χ1v) is 18.7. The third kappa shape index (κ3) is 6.85. The maximum Gasteiger partial charge on any atom is 0.335 e. The smallest absolute Gasteiger partial charge is 0.335 e. The van der Waals surface area contributed by atoms with Gasteiger partial charge in [0.1, 0.15) is 12.2 Å². The Bertz CT molecular complexity index is 2290. The first-order valence-electron chi connectivity index (χ1n) is 17.9. The van der Waals surface area contributed by atoms with Crippen LogP contribution < -0.4 is 24.6 Å². The van der Waals surface area contributed by atoms with Crippen LogP contribution in [-0.2, 0) is 16.2 Å². The number of benzene rings is 5. The van der Waals surface area contributed by atoms with E-state index in [2.05, 4.69) is 50.4 Å². The van der Waals surface area contributed by atoms with Crippen molar-refractivity contribution in [3.63, 3.8) is 0 Å². The number of nitro benzene ring substituents is 1. The van der Waals surface area contributed by atoms with Crippen molar-refractivity contribution in [2.75, 3.05) is 30.0 Å². The van der Waals surface area contributed by atoms with Crippen LogP contribution in [0.2, 0.25) is 0 Å². The molecule has 0 aliphatic carbocycles.